The van der Waals surface area contributed by atoms with Crippen LogP contribution in [0.15, 0.2) is 144 Å². The van der Waals surface area contributed by atoms with Crippen molar-refractivity contribution >= 4 is 30.7 Å². The quantitative estimate of drug-likeness (QED) is 0.202. The fourth-order valence-electron chi connectivity index (χ4n) is 6.09. The first kappa shape index (κ1) is 29.8. The van der Waals surface area contributed by atoms with Gasteiger partial charge in [0, 0.05) is 0 Å². The first-order valence-corrected chi connectivity index (χ1v) is 16.8. The van der Waals surface area contributed by atoms with Crippen LogP contribution in [0.3, 0.4) is 0 Å². The van der Waals surface area contributed by atoms with Crippen molar-refractivity contribution in [1.29, 1.82) is 0 Å². The molecule has 0 heterocycles. The standard InChI is InChI=1S/C21H16P.C16H13.2ClH.Ti/c1-3-11-19(12-4-1)22(20-13-5-2-6-14-20)21-15-17-9-7-8-10-18(17)16-21;1-12-10-14-8-5-9-15(16(14)11-12)13-6-3-2-4-7-13;;;/h1-16H;2-11H,1H3;2*1H;/q;;;;+2/p-2. The van der Waals surface area contributed by atoms with Gasteiger partial charge in [-0.2, -0.15) is 0 Å². The Morgan fingerprint density at radius 1 is 0.537 bits per heavy atom. The van der Waals surface area contributed by atoms with Crippen LogP contribution in [0.1, 0.15) is 37.6 Å². The summed E-state index contributed by atoms with van der Waals surface area (Å²) in [5, 5.41) is 4.52. The van der Waals surface area contributed by atoms with Crippen LogP contribution in [0.4, 0.5) is 0 Å². The van der Waals surface area contributed by atoms with E-state index >= 15 is 0 Å². The van der Waals surface area contributed by atoms with E-state index in [1.165, 1.54) is 49.6 Å². The molecule has 0 radical (unpaired) electrons. The molecule has 0 N–H and O–H groups in total. The van der Waals surface area contributed by atoms with E-state index < -0.39 is 27.1 Å². The minimum atomic E-state index is -0.609. The van der Waals surface area contributed by atoms with Gasteiger partial charge in [0.25, 0.3) is 0 Å². The average Bonchev–Trinajstić information content (AvgIpc) is 3.52. The molecule has 41 heavy (non-hydrogen) atoms. The summed E-state index contributed by atoms with van der Waals surface area (Å²) in [5.41, 5.74) is 10.1. The van der Waals surface area contributed by atoms with E-state index in [4.69, 9.17) is 0 Å². The van der Waals surface area contributed by atoms with Gasteiger partial charge in [-0.15, -0.1) is 0 Å². The predicted molar refractivity (Wildman–Crippen MR) is 165 cm³/mol. The second-order valence-corrected chi connectivity index (χ2v) is 14.8. The van der Waals surface area contributed by atoms with Crippen molar-refractivity contribution in [3.8, 4) is 11.1 Å². The fourth-order valence-corrected chi connectivity index (χ4v) is 12.3. The molecule has 0 saturated carbocycles. The van der Waals surface area contributed by atoms with Gasteiger partial charge in [-0.05, 0) is 0 Å². The zero-order chi connectivity index (χ0) is 26.2. The Balaban J connectivity index is 0.00000169. The molecule has 0 aliphatic heterocycles. The number of hydrogen-bond donors (Lipinski definition) is 0. The summed E-state index contributed by atoms with van der Waals surface area (Å²) in [4.78, 5) is 0. The Labute approximate surface area is 266 Å². The molecule has 0 nitrogen and oxygen atoms in total. The maximum Gasteiger partial charge on any atom is -1.00 e. The van der Waals surface area contributed by atoms with Crippen molar-refractivity contribution in [2.45, 2.75) is 15.4 Å². The van der Waals surface area contributed by atoms with Gasteiger partial charge in [0.05, 0.1) is 0 Å². The fraction of sp³-hybridized carbons (Fsp3) is 0.0811. The zero-order valence-electron chi connectivity index (χ0n) is 22.7. The van der Waals surface area contributed by atoms with Crippen LogP contribution in [0.5, 0.6) is 0 Å². The Hall–Kier alpha value is -2.70. The van der Waals surface area contributed by atoms with E-state index in [0.29, 0.717) is 8.45 Å². The molecular formula is C37H29Cl2PTi. The number of hydrogen-bond acceptors (Lipinski definition) is 0. The molecule has 0 aromatic heterocycles. The Morgan fingerprint density at radius 2 is 1.10 bits per heavy atom. The van der Waals surface area contributed by atoms with E-state index in [1.54, 1.807) is 5.31 Å². The van der Waals surface area contributed by atoms with Gasteiger partial charge in [-0.1, -0.05) is 0 Å². The molecule has 7 rings (SSSR count). The van der Waals surface area contributed by atoms with Crippen LogP contribution in [0, 0.1) is 0 Å². The molecule has 2 unspecified atom stereocenters. The van der Waals surface area contributed by atoms with Crippen molar-refractivity contribution in [3.63, 3.8) is 0 Å². The summed E-state index contributed by atoms with van der Waals surface area (Å²) in [6.07, 6.45) is 5.03. The molecule has 4 heteroatoms. The molecule has 2 aliphatic carbocycles. The molecule has 0 amide bonds. The molecule has 0 saturated heterocycles. The average molecular weight is 623 g/mol. The molecule has 5 aromatic rings. The summed E-state index contributed by atoms with van der Waals surface area (Å²) in [5.74, 6) is 0. The van der Waals surface area contributed by atoms with Crippen LogP contribution in [-0.2, 0) is 19.2 Å². The van der Waals surface area contributed by atoms with E-state index in [-0.39, 0.29) is 24.8 Å². The van der Waals surface area contributed by atoms with Gasteiger partial charge in [0.2, 0.25) is 0 Å². The van der Waals surface area contributed by atoms with Gasteiger partial charge in [0.15, 0.2) is 0 Å². The summed E-state index contributed by atoms with van der Waals surface area (Å²) >= 11 is -0.446. The minimum Gasteiger partial charge on any atom is -1.00 e. The third-order valence-corrected chi connectivity index (χ3v) is 14.0. The van der Waals surface area contributed by atoms with Crippen molar-refractivity contribution in [1.82, 2.24) is 0 Å². The molecule has 200 valence electrons. The molecule has 5 aromatic carbocycles. The van der Waals surface area contributed by atoms with Crippen molar-refractivity contribution in [2.75, 3.05) is 0 Å². The summed E-state index contributed by atoms with van der Waals surface area (Å²) in [6.45, 7) is 2.37. The van der Waals surface area contributed by atoms with Gasteiger partial charge < -0.3 is 24.8 Å². The van der Waals surface area contributed by atoms with E-state index in [2.05, 4.69) is 153 Å². The van der Waals surface area contributed by atoms with Crippen LogP contribution < -0.4 is 35.4 Å². The van der Waals surface area contributed by atoms with Gasteiger partial charge >= 0.3 is 243 Å². The molecule has 2 atom stereocenters. The van der Waals surface area contributed by atoms with Gasteiger partial charge in [-0.25, -0.2) is 0 Å². The van der Waals surface area contributed by atoms with Crippen LogP contribution in [0.2, 0.25) is 0 Å². The second-order valence-electron chi connectivity index (χ2n) is 10.3. The number of rotatable bonds is 6. The molecule has 0 spiro atoms. The predicted octanol–water partition coefficient (Wildman–Crippen LogP) is 3.13. The maximum atomic E-state index is 2.55. The number of fused-ring (bicyclic) bond motifs is 2. The molecule has 2 aliphatic rings. The number of benzene rings is 5. The topological polar surface area (TPSA) is 0 Å². The smallest absolute Gasteiger partial charge is 1.00 e. The number of halogens is 2. The zero-order valence-corrected chi connectivity index (χ0v) is 26.7. The summed E-state index contributed by atoms with van der Waals surface area (Å²) in [6, 6.07) is 49.4. The van der Waals surface area contributed by atoms with Crippen molar-refractivity contribution in [2.24, 2.45) is 0 Å². The monoisotopic (exact) mass is 622 g/mol. The normalized spacial score (nSPS) is 16.4. The van der Waals surface area contributed by atoms with E-state index in [1.807, 2.05) is 0 Å². The summed E-state index contributed by atoms with van der Waals surface area (Å²) < 4.78 is 1.04. The Morgan fingerprint density at radius 3 is 1.76 bits per heavy atom. The molecule has 0 fully saturated rings. The van der Waals surface area contributed by atoms with Crippen LogP contribution >= 0.6 is 7.92 Å². The van der Waals surface area contributed by atoms with Crippen LogP contribution in [0.25, 0.3) is 23.3 Å². The van der Waals surface area contributed by atoms with E-state index in [9.17, 15) is 0 Å². The minimum absolute atomic E-state index is 0. The van der Waals surface area contributed by atoms with Gasteiger partial charge in [-0.3, -0.25) is 0 Å². The second kappa shape index (κ2) is 13.1. The maximum absolute atomic E-state index is 2.55. The first-order valence-electron chi connectivity index (χ1n) is 13.6. The summed E-state index contributed by atoms with van der Waals surface area (Å²) in [7, 11) is -0.609. The third kappa shape index (κ3) is 5.70. The third-order valence-electron chi connectivity index (χ3n) is 7.89. The number of allylic oxidation sites excluding steroid dienone is 2. The molecule has 0 bridgehead atoms. The van der Waals surface area contributed by atoms with E-state index in [0.717, 1.165) is 0 Å². The van der Waals surface area contributed by atoms with Crippen molar-refractivity contribution < 1.29 is 44.0 Å². The van der Waals surface area contributed by atoms with Gasteiger partial charge in [0.1, 0.15) is 0 Å². The first-order chi connectivity index (χ1) is 19.3. The Bertz CT molecular complexity index is 1660. The molecular weight excluding hydrogens is 594 g/mol. The Kier molecular flexibility index (Phi) is 9.50. The largest absolute Gasteiger partial charge is 1.00 e. The van der Waals surface area contributed by atoms with Crippen molar-refractivity contribution in [3.05, 3.63) is 167 Å². The SMILES string of the molecule is CC1=Cc2c(-c3ccccc3)cccc2[CH]1[Ti+2][CH]1C(P(c2ccccc2)c2ccccc2)=Cc2ccccc21.[Cl-].[Cl-]. The van der Waals surface area contributed by atoms with Crippen LogP contribution in [-0.4, -0.2) is 0 Å².